The van der Waals surface area contributed by atoms with E-state index >= 15 is 0 Å². The molecule has 1 saturated carbocycles. The van der Waals surface area contributed by atoms with Crippen LogP contribution in [0, 0.1) is 19.8 Å². The van der Waals surface area contributed by atoms with Gasteiger partial charge in [0, 0.05) is 17.4 Å². The van der Waals surface area contributed by atoms with E-state index in [-0.39, 0.29) is 12.0 Å². The SMILES string of the molecule is Cc1cc(C)nc(NC2CCC(C(=O)O)C2)n1. The fourth-order valence-electron chi connectivity index (χ4n) is 2.31. The van der Waals surface area contributed by atoms with E-state index in [1.165, 1.54) is 0 Å². The van der Waals surface area contributed by atoms with Crippen LogP contribution >= 0.6 is 0 Å². The molecule has 2 N–H and O–H groups in total. The number of carbonyl (C=O) groups is 1. The lowest BCUT2D eigenvalue weighted by Crippen LogP contribution is -2.19. The maximum absolute atomic E-state index is 10.8. The Morgan fingerprint density at radius 1 is 1.35 bits per heavy atom. The zero-order chi connectivity index (χ0) is 12.4. The molecule has 1 heterocycles. The number of nitrogens with zero attached hydrogens (tertiary/aromatic N) is 2. The highest BCUT2D eigenvalue weighted by Crippen LogP contribution is 2.27. The first-order chi connectivity index (χ1) is 8.04. The minimum Gasteiger partial charge on any atom is -0.481 e. The van der Waals surface area contributed by atoms with Crippen molar-refractivity contribution in [2.24, 2.45) is 5.92 Å². The molecule has 0 radical (unpaired) electrons. The molecule has 0 spiro atoms. The number of carboxylic acid groups (broad SMARTS) is 1. The van der Waals surface area contributed by atoms with Gasteiger partial charge in [0.15, 0.2) is 0 Å². The standard InChI is InChI=1S/C12H17N3O2/c1-7-5-8(2)14-12(13-7)15-10-4-3-9(6-10)11(16)17/h5,9-10H,3-4,6H2,1-2H3,(H,16,17)(H,13,14,15). The summed E-state index contributed by atoms with van der Waals surface area (Å²) in [7, 11) is 0. The number of rotatable bonds is 3. The fraction of sp³-hybridized carbons (Fsp3) is 0.583. The van der Waals surface area contributed by atoms with Gasteiger partial charge >= 0.3 is 5.97 Å². The summed E-state index contributed by atoms with van der Waals surface area (Å²) >= 11 is 0. The van der Waals surface area contributed by atoms with Crippen molar-refractivity contribution in [2.45, 2.75) is 39.2 Å². The molecule has 1 aromatic heterocycles. The van der Waals surface area contributed by atoms with Gasteiger partial charge in [0.2, 0.25) is 5.95 Å². The van der Waals surface area contributed by atoms with Crippen LogP contribution in [0.1, 0.15) is 30.7 Å². The zero-order valence-corrected chi connectivity index (χ0v) is 10.1. The average molecular weight is 235 g/mol. The number of aryl methyl sites for hydroxylation is 2. The van der Waals surface area contributed by atoms with Crippen LogP contribution in [0.15, 0.2) is 6.07 Å². The summed E-state index contributed by atoms with van der Waals surface area (Å²) in [6.45, 7) is 3.85. The lowest BCUT2D eigenvalue weighted by Gasteiger charge is -2.12. The van der Waals surface area contributed by atoms with Gasteiger partial charge < -0.3 is 10.4 Å². The van der Waals surface area contributed by atoms with E-state index in [4.69, 9.17) is 5.11 Å². The molecule has 5 heteroatoms. The highest BCUT2D eigenvalue weighted by Gasteiger charge is 2.29. The molecule has 1 aromatic rings. The second-order valence-corrected chi connectivity index (χ2v) is 4.66. The summed E-state index contributed by atoms with van der Waals surface area (Å²) in [5, 5.41) is 12.1. The third kappa shape index (κ3) is 2.93. The van der Waals surface area contributed by atoms with Gasteiger partial charge in [-0.3, -0.25) is 4.79 Å². The Bertz CT molecular complexity index is 414. The average Bonchev–Trinajstić information content (AvgIpc) is 2.64. The van der Waals surface area contributed by atoms with Crippen molar-refractivity contribution in [3.63, 3.8) is 0 Å². The van der Waals surface area contributed by atoms with Gasteiger partial charge in [-0.05, 0) is 39.2 Å². The van der Waals surface area contributed by atoms with Crippen molar-refractivity contribution in [3.05, 3.63) is 17.5 Å². The molecule has 1 aliphatic rings. The molecule has 92 valence electrons. The number of hydrogen-bond acceptors (Lipinski definition) is 4. The van der Waals surface area contributed by atoms with E-state index in [0.717, 1.165) is 24.2 Å². The number of anilines is 1. The smallest absolute Gasteiger partial charge is 0.306 e. The lowest BCUT2D eigenvalue weighted by molar-refractivity contribution is -0.141. The van der Waals surface area contributed by atoms with Crippen LogP contribution in [0.4, 0.5) is 5.95 Å². The molecule has 2 unspecified atom stereocenters. The van der Waals surface area contributed by atoms with Gasteiger partial charge in [-0.25, -0.2) is 9.97 Å². The van der Waals surface area contributed by atoms with Gasteiger partial charge in [0.05, 0.1) is 5.92 Å². The summed E-state index contributed by atoms with van der Waals surface area (Å²) in [5.41, 5.74) is 1.85. The molecule has 0 bridgehead atoms. The van der Waals surface area contributed by atoms with E-state index in [9.17, 15) is 4.79 Å². The second-order valence-electron chi connectivity index (χ2n) is 4.66. The molecule has 1 aliphatic carbocycles. The Hall–Kier alpha value is -1.65. The monoisotopic (exact) mass is 235 g/mol. The van der Waals surface area contributed by atoms with Crippen LogP contribution in [0.5, 0.6) is 0 Å². The third-order valence-electron chi connectivity index (χ3n) is 3.10. The molecule has 2 atom stereocenters. The zero-order valence-electron chi connectivity index (χ0n) is 10.1. The number of nitrogens with one attached hydrogen (secondary N) is 1. The van der Waals surface area contributed by atoms with Crippen LogP contribution in [-0.2, 0) is 4.79 Å². The van der Waals surface area contributed by atoms with Gasteiger partial charge in [-0.15, -0.1) is 0 Å². The van der Waals surface area contributed by atoms with Gasteiger partial charge in [-0.2, -0.15) is 0 Å². The Labute approximate surface area is 100 Å². The van der Waals surface area contributed by atoms with Crippen LogP contribution in [0.2, 0.25) is 0 Å². The predicted molar refractivity (Wildman–Crippen MR) is 63.9 cm³/mol. The predicted octanol–water partition coefficient (Wildman–Crippen LogP) is 1.76. The van der Waals surface area contributed by atoms with Gasteiger partial charge in [0.25, 0.3) is 0 Å². The van der Waals surface area contributed by atoms with Crippen LogP contribution < -0.4 is 5.32 Å². The highest BCUT2D eigenvalue weighted by molar-refractivity contribution is 5.70. The summed E-state index contributed by atoms with van der Waals surface area (Å²) in [4.78, 5) is 19.4. The Balaban J connectivity index is 2.00. The van der Waals surface area contributed by atoms with Crippen molar-refractivity contribution in [1.29, 1.82) is 0 Å². The van der Waals surface area contributed by atoms with Crippen molar-refractivity contribution >= 4 is 11.9 Å². The maximum atomic E-state index is 10.8. The van der Waals surface area contributed by atoms with E-state index in [2.05, 4.69) is 15.3 Å². The van der Waals surface area contributed by atoms with Gasteiger partial charge in [-0.1, -0.05) is 0 Å². The van der Waals surface area contributed by atoms with E-state index in [0.29, 0.717) is 12.4 Å². The molecule has 0 aliphatic heterocycles. The summed E-state index contributed by atoms with van der Waals surface area (Å²) < 4.78 is 0. The second kappa shape index (κ2) is 4.69. The van der Waals surface area contributed by atoms with Crippen molar-refractivity contribution < 1.29 is 9.90 Å². The minimum atomic E-state index is -0.698. The molecule has 5 nitrogen and oxygen atoms in total. The van der Waals surface area contributed by atoms with Crippen LogP contribution in [0.25, 0.3) is 0 Å². The Kier molecular flexibility index (Phi) is 3.26. The summed E-state index contributed by atoms with van der Waals surface area (Å²) in [5.74, 6) is -0.312. The lowest BCUT2D eigenvalue weighted by atomic mass is 10.1. The molecule has 0 aromatic carbocycles. The summed E-state index contributed by atoms with van der Waals surface area (Å²) in [6, 6.07) is 2.09. The van der Waals surface area contributed by atoms with Crippen molar-refractivity contribution in [1.82, 2.24) is 9.97 Å². The fourth-order valence-corrected chi connectivity index (χ4v) is 2.31. The number of carboxylic acids is 1. The molecule has 0 saturated heterocycles. The van der Waals surface area contributed by atoms with Crippen molar-refractivity contribution in [3.8, 4) is 0 Å². The first kappa shape index (κ1) is 11.8. The van der Waals surface area contributed by atoms with E-state index < -0.39 is 5.97 Å². The van der Waals surface area contributed by atoms with E-state index in [1.54, 1.807) is 0 Å². The first-order valence-electron chi connectivity index (χ1n) is 5.86. The Morgan fingerprint density at radius 2 is 2.00 bits per heavy atom. The normalized spacial score (nSPS) is 23.6. The largest absolute Gasteiger partial charge is 0.481 e. The molecular formula is C12H17N3O2. The number of hydrogen-bond donors (Lipinski definition) is 2. The molecule has 17 heavy (non-hydrogen) atoms. The summed E-state index contributed by atoms with van der Waals surface area (Å²) in [6.07, 6.45) is 2.26. The number of aliphatic carboxylic acids is 1. The highest BCUT2D eigenvalue weighted by atomic mass is 16.4. The van der Waals surface area contributed by atoms with Crippen molar-refractivity contribution in [2.75, 3.05) is 5.32 Å². The van der Waals surface area contributed by atoms with E-state index in [1.807, 2.05) is 19.9 Å². The number of aromatic nitrogens is 2. The molecule has 2 rings (SSSR count). The van der Waals surface area contributed by atoms with Crippen LogP contribution in [-0.4, -0.2) is 27.1 Å². The Morgan fingerprint density at radius 3 is 2.53 bits per heavy atom. The van der Waals surface area contributed by atoms with Gasteiger partial charge in [0.1, 0.15) is 0 Å². The molecular weight excluding hydrogens is 218 g/mol. The first-order valence-corrected chi connectivity index (χ1v) is 5.86. The third-order valence-corrected chi connectivity index (χ3v) is 3.10. The molecule has 1 fully saturated rings. The van der Waals surface area contributed by atoms with Crippen LogP contribution in [0.3, 0.4) is 0 Å². The minimum absolute atomic E-state index is 0.178. The quantitative estimate of drug-likeness (QED) is 0.835. The maximum Gasteiger partial charge on any atom is 0.306 e. The topological polar surface area (TPSA) is 75.1 Å². The molecule has 0 amide bonds.